The molecular weight excluding hydrogens is 215 g/mol. The zero-order valence-corrected chi connectivity index (χ0v) is 8.96. The normalized spacial score (nSPS) is 26.6. The highest BCUT2D eigenvalue weighted by molar-refractivity contribution is 5.27. The zero-order chi connectivity index (χ0) is 11.9. The number of nitrogens with two attached hydrogens (primary N) is 1. The van der Waals surface area contributed by atoms with Crippen molar-refractivity contribution in [2.24, 2.45) is 17.6 Å². The van der Waals surface area contributed by atoms with Crippen LogP contribution in [0.25, 0.3) is 0 Å². The average molecular weight is 229 g/mol. The molecule has 88 valence electrons. The van der Waals surface area contributed by atoms with Crippen LogP contribution >= 0.6 is 0 Å². The van der Waals surface area contributed by atoms with Gasteiger partial charge in [-0.25, -0.2) is 0 Å². The molecule has 0 amide bonds. The predicted molar refractivity (Wildman–Crippen MR) is 55.6 cm³/mol. The van der Waals surface area contributed by atoms with E-state index in [9.17, 15) is 13.2 Å². The molecule has 3 unspecified atom stereocenters. The fourth-order valence-electron chi connectivity index (χ4n) is 1.99. The molecular formula is C12H14F3N. The lowest BCUT2D eigenvalue weighted by Gasteiger charge is -2.13. The number of benzene rings is 1. The van der Waals surface area contributed by atoms with Gasteiger partial charge in [-0.15, -0.1) is 0 Å². The standard InChI is InChI=1S/C12H14F3N/c1-7-6-10(7)11(16)8-2-4-9(5-3-8)12(13,14)15/h2-5,7,10-11H,6,16H2,1H3. The second-order valence-corrected chi connectivity index (χ2v) is 4.52. The van der Waals surface area contributed by atoms with E-state index in [1.54, 1.807) is 0 Å². The molecule has 1 aromatic carbocycles. The smallest absolute Gasteiger partial charge is 0.324 e. The molecule has 0 aromatic heterocycles. The van der Waals surface area contributed by atoms with Crippen molar-refractivity contribution < 1.29 is 13.2 Å². The molecule has 1 aromatic rings. The summed E-state index contributed by atoms with van der Waals surface area (Å²) in [5, 5.41) is 0. The summed E-state index contributed by atoms with van der Waals surface area (Å²) in [5.41, 5.74) is 6.14. The van der Waals surface area contributed by atoms with Crippen LogP contribution in [0.1, 0.15) is 30.5 Å². The first-order chi connectivity index (χ1) is 7.39. The van der Waals surface area contributed by atoms with E-state index in [-0.39, 0.29) is 6.04 Å². The first kappa shape index (κ1) is 11.5. The van der Waals surface area contributed by atoms with Gasteiger partial charge in [0.25, 0.3) is 0 Å². The topological polar surface area (TPSA) is 26.0 Å². The van der Waals surface area contributed by atoms with E-state index < -0.39 is 11.7 Å². The summed E-state index contributed by atoms with van der Waals surface area (Å²) in [6.07, 6.45) is -3.20. The van der Waals surface area contributed by atoms with Gasteiger partial charge in [0.05, 0.1) is 5.56 Å². The van der Waals surface area contributed by atoms with E-state index >= 15 is 0 Å². The van der Waals surface area contributed by atoms with Gasteiger partial charge in [0, 0.05) is 6.04 Å². The van der Waals surface area contributed by atoms with Crippen LogP contribution < -0.4 is 5.73 Å². The van der Waals surface area contributed by atoms with E-state index in [0.29, 0.717) is 11.8 Å². The summed E-state index contributed by atoms with van der Waals surface area (Å²) in [7, 11) is 0. The molecule has 2 rings (SSSR count). The third kappa shape index (κ3) is 2.21. The molecule has 1 nitrogen and oxygen atoms in total. The lowest BCUT2D eigenvalue weighted by Crippen LogP contribution is -2.14. The largest absolute Gasteiger partial charge is 0.416 e. The van der Waals surface area contributed by atoms with Gasteiger partial charge in [0.15, 0.2) is 0 Å². The number of hydrogen-bond acceptors (Lipinski definition) is 1. The van der Waals surface area contributed by atoms with Crippen molar-refractivity contribution in [3.05, 3.63) is 35.4 Å². The minimum Gasteiger partial charge on any atom is -0.324 e. The monoisotopic (exact) mass is 229 g/mol. The van der Waals surface area contributed by atoms with E-state index in [1.165, 1.54) is 12.1 Å². The van der Waals surface area contributed by atoms with Crippen molar-refractivity contribution in [1.82, 2.24) is 0 Å². The molecule has 1 saturated carbocycles. The lowest BCUT2D eigenvalue weighted by atomic mass is 10.0. The molecule has 0 bridgehead atoms. The molecule has 0 spiro atoms. The second-order valence-electron chi connectivity index (χ2n) is 4.52. The van der Waals surface area contributed by atoms with Crippen molar-refractivity contribution in [3.63, 3.8) is 0 Å². The number of hydrogen-bond donors (Lipinski definition) is 1. The lowest BCUT2D eigenvalue weighted by molar-refractivity contribution is -0.137. The summed E-state index contributed by atoms with van der Waals surface area (Å²) >= 11 is 0. The SMILES string of the molecule is CC1CC1C(N)c1ccc(C(F)(F)F)cc1. The van der Waals surface area contributed by atoms with Crippen molar-refractivity contribution in [2.75, 3.05) is 0 Å². The van der Waals surface area contributed by atoms with Crippen LogP contribution in [0.2, 0.25) is 0 Å². The van der Waals surface area contributed by atoms with Gasteiger partial charge in [-0.3, -0.25) is 0 Å². The minimum absolute atomic E-state index is 0.128. The molecule has 1 aliphatic carbocycles. The van der Waals surface area contributed by atoms with E-state index in [1.807, 2.05) is 0 Å². The number of rotatable bonds is 2. The van der Waals surface area contributed by atoms with Crippen LogP contribution in [0.15, 0.2) is 24.3 Å². The Labute approximate surface area is 92.5 Å². The Morgan fingerprint density at radius 1 is 1.25 bits per heavy atom. The van der Waals surface area contributed by atoms with E-state index in [0.717, 1.165) is 24.1 Å². The molecule has 2 N–H and O–H groups in total. The van der Waals surface area contributed by atoms with Crippen LogP contribution in [0, 0.1) is 11.8 Å². The van der Waals surface area contributed by atoms with Crippen molar-refractivity contribution in [2.45, 2.75) is 25.6 Å². The first-order valence-electron chi connectivity index (χ1n) is 5.32. The maximum Gasteiger partial charge on any atom is 0.416 e. The predicted octanol–water partition coefficient (Wildman–Crippen LogP) is 3.36. The highest BCUT2D eigenvalue weighted by Crippen LogP contribution is 2.45. The maximum absolute atomic E-state index is 12.3. The zero-order valence-electron chi connectivity index (χ0n) is 8.96. The molecule has 1 fully saturated rings. The van der Waals surface area contributed by atoms with Gasteiger partial charge in [-0.1, -0.05) is 19.1 Å². The first-order valence-corrected chi connectivity index (χ1v) is 5.32. The van der Waals surface area contributed by atoms with Crippen LogP contribution in [0.4, 0.5) is 13.2 Å². The fourth-order valence-corrected chi connectivity index (χ4v) is 1.99. The third-order valence-electron chi connectivity index (χ3n) is 3.26. The van der Waals surface area contributed by atoms with Crippen LogP contribution in [0.3, 0.4) is 0 Å². The number of halogens is 3. The average Bonchev–Trinajstić information content (AvgIpc) is 2.93. The number of alkyl halides is 3. The Kier molecular flexibility index (Phi) is 2.70. The highest BCUT2D eigenvalue weighted by Gasteiger charge is 2.38. The van der Waals surface area contributed by atoms with Crippen molar-refractivity contribution in [3.8, 4) is 0 Å². The Balaban J connectivity index is 2.13. The Bertz CT molecular complexity index is 369. The van der Waals surface area contributed by atoms with Gasteiger partial charge >= 0.3 is 6.18 Å². The second kappa shape index (κ2) is 3.77. The quantitative estimate of drug-likeness (QED) is 0.826. The Morgan fingerprint density at radius 3 is 2.12 bits per heavy atom. The molecule has 3 atom stereocenters. The summed E-state index contributed by atoms with van der Waals surface area (Å²) in [4.78, 5) is 0. The van der Waals surface area contributed by atoms with Gasteiger partial charge in [-0.05, 0) is 36.0 Å². The van der Waals surface area contributed by atoms with Gasteiger partial charge in [-0.2, -0.15) is 13.2 Å². The molecule has 16 heavy (non-hydrogen) atoms. The maximum atomic E-state index is 12.3. The van der Waals surface area contributed by atoms with Gasteiger partial charge in [0.1, 0.15) is 0 Å². The fraction of sp³-hybridized carbons (Fsp3) is 0.500. The summed E-state index contributed by atoms with van der Waals surface area (Å²) < 4.78 is 37.0. The molecule has 4 heteroatoms. The highest BCUT2D eigenvalue weighted by atomic mass is 19.4. The molecule has 1 aliphatic rings. The molecule has 0 heterocycles. The van der Waals surface area contributed by atoms with Gasteiger partial charge in [0.2, 0.25) is 0 Å². The Morgan fingerprint density at radius 2 is 1.75 bits per heavy atom. The molecule has 0 radical (unpaired) electrons. The Hall–Kier alpha value is -1.03. The van der Waals surface area contributed by atoms with Crippen LogP contribution in [0.5, 0.6) is 0 Å². The summed E-state index contributed by atoms with van der Waals surface area (Å²) in [6, 6.07) is 5.04. The minimum atomic E-state index is -4.27. The van der Waals surface area contributed by atoms with E-state index in [2.05, 4.69) is 6.92 Å². The summed E-state index contributed by atoms with van der Waals surface area (Å²) in [5.74, 6) is 1.02. The molecule has 0 saturated heterocycles. The van der Waals surface area contributed by atoms with Crippen LogP contribution in [-0.2, 0) is 6.18 Å². The van der Waals surface area contributed by atoms with Crippen molar-refractivity contribution >= 4 is 0 Å². The molecule has 0 aliphatic heterocycles. The van der Waals surface area contributed by atoms with Crippen LogP contribution in [-0.4, -0.2) is 0 Å². The third-order valence-corrected chi connectivity index (χ3v) is 3.26. The summed E-state index contributed by atoms with van der Waals surface area (Å²) in [6.45, 7) is 2.11. The van der Waals surface area contributed by atoms with Crippen molar-refractivity contribution in [1.29, 1.82) is 0 Å². The van der Waals surface area contributed by atoms with Gasteiger partial charge < -0.3 is 5.73 Å². The van der Waals surface area contributed by atoms with E-state index in [4.69, 9.17) is 5.73 Å².